The van der Waals surface area contributed by atoms with E-state index in [9.17, 15) is 4.79 Å². The third-order valence-electron chi connectivity index (χ3n) is 5.19. The summed E-state index contributed by atoms with van der Waals surface area (Å²) in [6, 6.07) is 7.80. The Morgan fingerprint density at radius 1 is 1.21 bits per heavy atom. The van der Waals surface area contributed by atoms with Crippen molar-refractivity contribution >= 4 is 5.91 Å². The number of benzene rings is 1. The van der Waals surface area contributed by atoms with E-state index in [1.165, 1.54) is 19.4 Å². The van der Waals surface area contributed by atoms with Crippen molar-refractivity contribution in [2.75, 3.05) is 52.9 Å². The molecule has 5 nitrogen and oxygen atoms in total. The minimum atomic E-state index is 0.227. The molecule has 0 atom stereocenters. The summed E-state index contributed by atoms with van der Waals surface area (Å²) in [5.41, 5.74) is 1.02. The minimum absolute atomic E-state index is 0.227. The predicted octanol–water partition coefficient (Wildman–Crippen LogP) is 1.38. The van der Waals surface area contributed by atoms with Crippen LogP contribution in [0, 0.1) is 5.92 Å². The van der Waals surface area contributed by atoms with E-state index in [-0.39, 0.29) is 5.91 Å². The summed E-state index contributed by atoms with van der Waals surface area (Å²) < 4.78 is 5.23. The Labute approximate surface area is 145 Å². The van der Waals surface area contributed by atoms with Crippen LogP contribution in [0.25, 0.3) is 0 Å². The van der Waals surface area contributed by atoms with Crippen LogP contribution in [0.1, 0.15) is 18.4 Å². The smallest absolute Gasteiger partial charge is 0.227 e. The van der Waals surface area contributed by atoms with E-state index in [0.29, 0.717) is 6.42 Å². The molecular formula is C19H29N3O2. The fraction of sp³-hybridized carbons (Fsp3) is 0.632. The number of rotatable bonds is 5. The van der Waals surface area contributed by atoms with E-state index >= 15 is 0 Å². The minimum Gasteiger partial charge on any atom is -0.497 e. The van der Waals surface area contributed by atoms with E-state index in [2.05, 4.69) is 10.2 Å². The zero-order chi connectivity index (χ0) is 16.8. The third-order valence-corrected chi connectivity index (χ3v) is 5.19. The standard InChI is InChI=1S/C19H29N3O2/c1-24-18-4-2-3-17(13-18)14-19(23)22-11-9-21(10-12-22)15-16-5-7-20-8-6-16/h2-4,13,16,20H,5-12,14-15H2,1H3. The maximum atomic E-state index is 12.5. The number of hydrogen-bond acceptors (Lipinski definition) is 4. The molecule has 2 aliphatic rings. The van der Waals surface area contributed by atoms with Crippen LogP contribution in [0.5, 0.6) is 5.75 Å². The number of amides is 1. The Hall–Kier alpha value is -1.59. The lowest BCUT2D eigenvalue weighted by molar-refractivity contribution is -0.132. The normalized spacial score (nSPS) is 20.1. The molecule has 0 bridgehead atoms. The van der Waals surface area contributed by atoms with Gasteiger partial charge in [0.05, 0.1) is 13.5 Å². The molecule has 1 aromatic carbocycles. The van der Waals surface area contributed by atoms with Gasteiger partial charge >= 0.3 is 0 Å². The molecule has 2 saturated heterocycles. The van der Waals surface area contributed by atoms with Crippen LogP contribution in [0.4, 0.5) is 0 Å². The molecule has 2 aliphatic heterocycles. The van der Waals surface area contributed by atoms with Crippen molar-refractivity contribution in [3.63, 3.8) is 0 Å². The van der Waals surface area contributed by atoms with Crippen LogP contribution in [0.3, 0.4) is 0 Å². The van der Waals surface area contributed by atoms with Crippen LogP contribution in [-0.2, 0) is 11.2 Å². The fourth-order valence-corrected chi connectivity index (χ4v) is 3.68. The molecule has 1 aromatic rings. The van der Waals surface area contributed by atoms with Gasteiger partial charge < -0.3 is 15.0 Å². The highest BCUT2D eigenvalue weighted by molar-refractivity contribution is 5.79. The van der Waals surface area contributed by atoms with Crippen molar-refractivity contribution < 1.29 is 9.53 Å². The first-order valence-corrected chi connectivity index (χ1v) is 9.08. The number of piperidine rings is 1. The van der Waals surface area contributed by atoms with Gasteiger partial charge in [0.1, 0.15) is 5.75 Å². The summed E-state index contributed by atoms with van der Waals surface area (Å²) in [6.45, 7) is 7.23. The Kier molecular flexibility index (Phi) is 6.10. The zero-order valence-corrected chi connectivity index (χ0v) is 14.7. The second-order valence-electron chi connectivity index (χ2n) is 6.90. The molecule has 0 aliphatic carbocycles. The Morgan fingerprint density at radius 3 is 2.67 bits per heavy atom. The molecule has 2 fully saturated rings. The molecule has 3 rings (SSSR count). The zero-order valence-electron chi connectivity index (χ0n) is 14.7. The van der Waals surface area contributed by atoms with Crippen molar-refractivity contribution in [3.05, 3.63) is 29.8 Å². The Balaban J connectivity index is 1.44. The number of ether oxygens (including phenoxy) is 1. The molecule has 0 radical (unpaired) electrons. The molecule has 24 heavy (non-hydrogen) atoms. The third kappa shape index (κ3) is 4.71. The molecule has 5 heteroatoms. The molecule has 0 unspecified atom stereocenters. The average Bonchev–Trinajstić information content (AvgIpc) is 2.63. The van der Waals surface area contributed by atoms with Crippen LogP contribution in [0.15, 0.2) is 24.3 Å². The van der Waals surface area contributed by atoms with Gasteiger partial charge in [-0.25, -0.2) is 0 Å². The predicted molar refractivity (Wildman–Crippen MR) is 95.3 cm³/mol. The first-order chi connectivity index (χ1) is 11.7. The topological polar surface area (TPSA) is 44.8 Å². The van der Waals surface area contributed by atoms with Gasteiger partial charge in [0.2, 0.25) is 5.91 Å². The van der Waals surface area contributed by atoms with E-state index in [1.807, 2.05) is 29.2 Å². The van der Waals surface area contributed by atoms with Gasteiger partial charge in [-0.2, -0.15) is 0 Å². The number of carbonyl (C=O) groups excluding carboxylic acids is 1. The molecule has 0 saturated carbocycles. The van der Waals surface area contributed by atoms with Crippen molar-refractivity contribution in [2.24, 2.45) is 5.92 Å². The van der Waals surface area contributed by atoms with Crippen LogP contribution in [0.2, 0.25) is 0 Å². The van der Waals surface area contributed by atoms with Gasteiger partial charge in [-0.3, -0.25) is 9.69 Å². The molecule has 132 valence electrons. The van der Waals surface area contributed by atoms with Gasteiger partial charge in [-0.05, 0) is 49.5 Å². The highest BCUT2D eigenvalue weighted by atomic mass is 16.5. The Bertz CT molecular complexity index is 535. The second kappa shape index (κ2) is 8.49. The molecule has 0 aromatic heterocycles. The van der Waals surface area contributed by atoms with Gasteiger partial charge in [0.25, 0.3) is 0 Å². The van der Waals surface area contributed by atoms with Crippen LogP contribution in [-0.4, -0.2) is 68.6 Å². The van der Waals surface area contributed by atoms with E-state index in [0.717, 1.165) is 56.5 Å². The van der Waals surface area contributed by atoms with Gasteiger partial charge in [0, 0.05) is 32.7 Å². The monoisotopic (exact) mass is 331 g/mol. The van der Waals surface area contributed by atoms with Crippen LogP contribution >= 0.6 is 0 Å². The van der Waals surface area contributed by atoms with Crippen molar-refractivity contribution in [1.29, 1.82) is 0 Å². The number of nitrogens with zero attached hydrogens (tertiary/aromatic N) is 2. The summed E-state index contributed by atoms with van der Waals surface area (Å²) in [5, 5.41) is 3.42. The Morgan fingerprint density at radius 2 is 1.96 bits per heavy atom. The average molecular weight is 331 g/mol. The lowest BCUT2D eigenvalue weighted by Crippen LogP contribution is -2.50. The van der Waals surface area contributed by atoms with Gasteiger partial charge in [-0.1, -0.05) is 12.1 Å². The van der Waals surface area contributed by atoms with Gasteiger partial charge in [-0.15, -0.1) is 0 Å². The molecule has 1 amide bonds. The lowest BCUT2D eigenvalue weighted by atomic mass is 9.97. The molecular weight excluding hydrogens is 302 g/mol. The summed E-state index contributed by atoms with van der Waals surface area (Å²) in [7, 11) is 1.66. The second-order valence-corrected chi connectivity index (χ2v) is 6.90. The van der Waals surface area contributed by atoms with E-state index in [1.54, 1.807) is 7.11 Å². The first kappa shape index (κ1) is 17.2. The summed E-state index contributed by atoms with van der Waals surface area (Å²) in [6.07, 6.45) is 3.04. The summed E-state index contributed by atoms with van der Waals surface area (Å²) in [5.74, 6) is 1.86. The number of carbonyl (C=O) groups is 1. The van der Waals surface area contributed by atoms with Crippen LogP contribution < -0.4 is 10.1 Å². The number of nitrogens with one attached hydrogen (secondary N) is 1. The largest absolute Gasteiger partial charge is 0.497 e. The molecule has 0 spiro atoms. The number of piperazine rings is 1. The number of hydrogen-bond donors (Lipinski definition) is 1. The summed E-state index contributed by atoms with van der Waals surface area (Å²) in [4.78, 5) is 17.1. The quantitative estimate of drug-likeness (QED) is 0.885. The maximum absolute atomic E-state index is 12.5. The van der Waals surface area contributed by atoms with Crippen molar-refractivity contribution in [2.45, 2.75) is 19.3 Å². The van der Waals surface area contributed by atoms with E-state index in [4.69, 9.17) is 4.74 Å². The summed E-state index contributed by atoms with van der Waals surface area (Å²) >= 11 is 0. The lowest BCUT2D eigenvalue weighted by Gasteiger charge is -2.37. The highest BCUT2D eigenvalue weighted by Crippen LogP contribution is 2.16. The molecule has 1 N–H and O–H groups in total. The number of methoxy groups -OCH3 is 1. The SMILES string of the molecule is COc1cccc(CC(=O)N2CCN(CC3CCNCC3)CC2)c1. The fourth-order valence-electron chi connectivity index (χ4n) is 3.68. The first-order valence-electron chi connectivity index (χ1n) is 9.08. The van der Waals surface area contributed by atoms with Gasteiger partial charge in [0.15, 0.2) is 0 Å². The molecule has 2 heterocycles. The van der Waals surface area contributed by atoms with Crippen molar-refractivity contribution in [1.82, 2.24) is 15.1 Å². The van der Waals surface area contributed by atoms with E-state index < -0.39 is 0 Å². The van der Waals surface area contributed by atoms with Crippen molar-refractivity contribution in [3.8, 4) is 5.75 Å². The highest BCUT2D eigenvalue weighted by Gasteiger charge is 2.23. The maximum Gasteiger partial charge on any atom is 0.227 e.